The first kappa shape index (κ1) is 21.8. The van der Waals surface area contributed by atoms with Crippen LogP contribution in [0.25, 0.3) is 0 Å². The number of nitrogens with zero attached hydrogens (tertiary/aromatic N) is 1. The highest BCUT2D eigenvalue weighted by Gasteiger charge is 2.30. The van der Waals surface area contributed by atoms with E-state index in [1.807, 2.05) is 0 Å². The first-order valence-corrected chi connectivity index (χ1v) is 11.2. The molecule has 0 radical (unpaired) electrons. The molecule has 0 aromatic heterocycles. The standard InChI is InChI=1S/C19H19Cl2FN2O4S/c1-2-28-17-6-5-12(9-18(17)29(26,27)24-7-3-4-8-24)23-19(25)13-10-16(22)15(21)11-14(13)20/h5-6,9-11H,2-4,7-8H2,1H3,(H,23,25). The molecule has 1 N–H and O–H groups in total. The molecule has 10 heteroatoms. The molecule has 1 saturated heterocycles. The summed E-state index contributed by atoms with van der Waals surface area (Å²) in [5.74, 6) is -1.28. The number of carbonyl (C=O) groups is 1. The fourth-order valence-electron chi connectivity index (χ4n) is 3.02. The van der Waals surface area contributed by atoms with Crippen LogP contribution in [-0.4, -0.2) is 38.3 Å². The zero-order valence-electron chi connectivity index (χ0n) is 15.5. The summed E-state index contributed by atoms with van der Waals surface area (Å²) in [6, 6.07) is 6.38. The molecular weight excluding hydrogens is 442 g/mol. The van der Waals surface area contributed by atoms with Crippen LogP contribution in [0.1, 0.15) is 30.1 Å². The Hall–Kier alpha value is -1.87. The lowest BCUT2D eigenvalue weighted by atomic mass is 10.2. The van der Waals surface area contributed by atoms with E-state index in [0.717, 1.165) is 25.0 Å². The van der Waals surface area contributed by atoms with Gasteiger partial charge in [0.15, 0.2) is 0 Å². The van der Waals surface area contributed by atoms with E-state index in [0.29, 0.717) is 13.1 Å². The summed E-state index contributed by atoms with van der Waals surface area (Å²) < 4.78 is 46.6. The van der Waals surface area contributed by atoms with Gasteiger partial charge in [-0.3, -0.25) is 4.79 Å². The third kappa shape index (κ3) is 4.66. The molecule has 0 bridgehead atoms. The molecule has 2 aromatic rings. The number of halogens is 3. The Morgan fingerprint density at radius 3 is 2.52 bits per heavy atom. The Bertz CT molecular complexity index is 1040. The van der Waals surface area contributed by atoms with Crippen LogP contribution < -0.4 is 10.1 Å². The minimum absolute atomic E-state index is 0.0234. The molecule has 2 aromatic carbocycles. The molecule has 1 aliphatic heterocycles. The topological polar surface area (TPSA) is 75.7 Å². The van der Waals surface area contributed by atoms with Gasteiger partial charge >= 0.3 is 0 Å². The number of rotatable bonds is 6. The lowest BCUT2D eigenvalue weighted by Gasteiger charge is -2.19. The lowest BCUT2D eigenvalue weighted by Crippen LogP contribution is -2.28. The maximum absolute atomic E-state index is 13.7. The van der Waals surface area contributed by atoms with Crippen molar-refractivity contribution in [1.82, 2.24) is 4.31 Å². The number of nitrogens with one attached hydrogen (secondary N) is 1. The largest absolute Gasteiger partial charge is 0.492 e. The Labute approximate surface area is 178 Å². The van der Waals surface area contributed by atoms with Crippen LogP contribution >= 0.6 is 23.2 Å². The molecule has 0 aliphatic carbocycles. The second-order valence-corrected chi connectivity index (χ2v) is 9.13. The highest BCUT2D eigenvalue weighted by Crippen LogP contribution is 2.32. The molecule has 1 fully saturated rings. The molecule has 0 unspecified atom stereocenters. The summed E-state index contributed by atoms with van der Waals surface area (Å²) in [6.07, 6.45) is 1.58. The second kappa shape index (κ2) is 8.87. The van der Waals surface area contributed by atoms with Gasteiger partial charge in [-0.15, -0.1) is 0 Å². The number of hydrogen-bond acceptors (Lipinski definition) is 4. The third-order valence-corrected chi connectivity index (χ3v) is 6.96. The highest BCUT2D eigenvalue weighted by molar-refractivity contribution is 7.89. The summed E-state index contributed by atoms with van der Waals surface area (Å²) in [7, 11) is -3.78. The van der Waals surface area contributed by atoms with E-state index in [2.05, 4.69) is 5.32 Å². The zero-order chi connectivity index (χ0) is 21.2. The molecule has 0 saturated carbocycles. The van der Waals surface area contributed by atoms with E-state index in [1.165, 1.54) is 22.5 Å². The van der Waals surface area contributed by atoms with Crippen molar-refractivity contribution >= 4 is 44.8 Å². The predicted molar refractivity (Wildman–Crippen MR) is 110 cm³/mol. The van der Waals surface area contributed by atoms with E-state index in [-0.39, 0.29) is 38.5 Å². The maximum Gasteiger partial charge on any atom is 0.257 e. The quantitative estimate of drug-likeness (QED) is 0.640. The van der Waals surface area contributed by atoms with Gasteiger partial charge in [0.05, 0.1) is 22.2 Å². The van der Waals surface area contributed by atoms with Gasteiger partial charge in [-0.1, -0.05) is 23.2 Å². The zero-order valence-corrected chi connectivity index (χ0v) is 17.9. The molecule has 156 valence electrons. The fraction of sp³-hybridized carbons (Fsp3) is 0.316. The van der Waals surface area contributed by atoms with E-state index >= 15 is 0 Å². The Kier molecular flexibility index (Phi) is 6.68. The SMILES string of the molecule is CCOc1ccc(NC(=O)c2cc(F)c(Cl)cc2Cl)cc1S(=O)(=O)N1CCCC1. The van der Waals surface area contributed by atoms with Gasteiger partial charge in [0, 0.05) is 18.8 Å². The van der Waals surface area contributed by atoms with Crippen molar-refractivity contribution in [3.8, 4) is 5.75 Å². The molecule has 1 heterocycles. The van der Waals surface area contributed by atoms with Crippen molar-refractivity contribution in [3.05, 3.63) is 51.8 Å². The van der Waals surface area contributed by atoms with Crippen molar-refractivity contribution in [3.63, 3.8) is 0 Å². The molecule has 1 aliphatic rings. The fourth-order valence-corrected chi connectivity index (χ4v) is 5.17. The van der Waals surface area contributed by atoms with Crippen molar-refractivity contribution in [2.45, 2.75) is 24.7 Å². The van der Waals surface area contributed by atoms with Crippen molar-refractivity contribution in [1.29, 1.82) is 0 Å². The molecular formula is C19H19Cl2FN2O4S. The van der Waals surface area contributed by atoms with E-state index in [1.54, 1.807) is 6.92 Å². The number of amides is 1. The number of carbonyl (C=O) groups excluding carboxylic acids is 1. The molecule has 1 amide bonds. The molecule has 0 atom stereocenters. The highest BCUT2D eigenvalue weighted by atomic mass is 35.5. The maximum atomic E-state index is 13.7. The lowest BCUT2D eigenvalue weighted by molar-refractivity contribution is 0.102. The van der Waals surface area contributed by atoms with Crippen LogP contribution in [0, 0.1) is 5.82 Å². The van der Waals surface area contributed by atoms with Crippen LogP contribution in [-0.2, 0) is 10.0 Å². The number of benzene rings is 2. The summed E-state index contributed by atoms with van der Waals surface area (Å²) in [6.45, 7) is 2.90. The van der Waals surface area contributed by atoms with Gasteiger partial charge in [-0.2, -0.15) is 4.31 Å². The van der Waals surface area contributed by atoms with Gasteiger partial charge in [-0.25, -0.2) is 12.8 Å². The van der Waals surface area contributed by atoms with Gasteiger partial charge in [0.25, 0.3) is 5.91 Å². The van der Waals surface area contributed by atoms with Gasteiger partial charge in [0.1, 0.15) is 16.5 Å². The van der Waals surface area contributed by atoms with Gasteiger partial charge in [0.2, 0.25) is 10.0 Å². The summed E-state index contributed by atoms with van der Waals surface area (Å²) >= 11 is 11.6. The monoisotopic (exact) mass is 460 g/mol. The van der Waals surface area contributed by atoms with Crippen molar-refractivity contribution in [2.24, 2.45) is 0 Å². The van der Waals surface area contributed by atoms with E-state index < -0.39 is 21.7 Å². The van der Waals surface area contributed by atoms with Crippen LogP contribution in [0.2, 0.25) is 10.0 Å². The van der Waals surface area contributed by atoms with Crippen molar-refractivity contribution in [2.75, 3.05) is 25.0 Å². The van der Waals surface area contributed by atoms with Crippen molar-refractivity contribution < 1.29 is 22.3 Å². The minimum atomic E-state index is -3.78. The minimum Gasteiger partial charge on any atom is -0.492 e. The van der Waals surface area contributed by atoms with Gasteiger partial charge < -0.3 is 10.1 Å². The van der Waals surface area contributed by atoms with Crippen LogP contribution in [0.15, 0.2) is 35.2 Å². The average molecular weight is 461 g/mol. The van der Waals surface area contributed by atoms with E-state index in [4.69, 9.17) is 27.9 Å². The number of hydrogen-bond donors (Lipinski definition) is 1. The second-order valence-electron chi connectivity index (χ2n) is 6.41. The molecule has 3 rings (SSSR count). The Balaban J connectivity index is 1.95. The van der Waals surface area contributed by atoms with Gasteiger partial charge in [-0.05, 0) is 50.1 Å². The van der Waals surface area contributed by atoms with Crippen LogP contribution in [0.3, 0.4) is 0 Å². The van der Waals surface area contributed by atoms with Crippen LogP contribution in [0.5, 0.6) is 5.75 Å². The van der Waals surface area contributed by atoms with E-state index in [9.17, 15) is 17.6 Å². The molecule has 29 heavy (non-hydrogen) atoms. The molecule has 6 nitrogen and oxygen atoms in total. The number of ether oxygens (including phenoxy) is 1. The summed E-state index contributed by atoms with van der Waals surface area (Å²) in [4.78, 5) is 12.5. The smallest absolute Gasteiger partial charge is 0.257 e. The predicted octanol–water partition coefficient (Wildman–Crippen LogP) is 4.57. The first-order chi connectivity index (χ1) is 13.7. The third-order valence-electron chi connectivity index (χ3n) is 4.44. The number of anilines is 1. The Morgan fingerprint density at radius 1 is 1.17 bits per heavy atom. The normalized spacial score (nSPS) is 14.8. The summed E-state index contributed by atoms with van der Waals surface area (Å²) in [5.41, 5.74) is 0.0917. The average Bonchev–Trinajstić information content (AvgIpc) is 3.21. The number of sulfonamides is 1. The Morgan fingerprint density at radius 2 is 1.86 bits per heavy atom. The molecule has 0 spiro atoms. The summed E-state index contributed by atoms with van der Waals surface area (Å²) in [5, 5.41) is 2.32. The van der Waals surface area contributed by atoms with Crippen LogP contribution in [0.4, 0.5) is 10.1 Å². The first-order valence-electron chi connectivity index (χ1n) is 8.97.